The number of rotatable bonds is 4. The highest BCUT2D eigenvalue weighted by atomic mass is 35.5. The van der Waals surface area contributed by atoms with E-state index in [0.717, 1.165) is 12.8 Å². The molecule has 2 aromatic rings. The predicted molar refractivity (Wildman–Crippen MR) is 98.9 cm³/mol. The molecule has 0 amide bonds. The Balaban J connectivity index is 1.84. The summed E-state index contributed by atoms with van der Waals surface area (Å²) >= 11 is 5.98. The van der Waals surface area contributed by atoms with Crippen molar-refractivity contribution in [1.82, 2.24) is 4.98 Å². The lowest BCUT2D eigenvalue weighted by atomic mass is 10.2. The van der Waals surface area contributed by atoms with Crippen LogP contribution in [-0.4, -0.2) is 45.0 Å². The van der Waals surface area contributed by atoms with E-state index in [-0.39, 0.29) is 40.6 Å². The van der Waals surface area contributed by atoms with Crippen molar-refractivity contribution >= 4 is 27.1 Å². The van der Waals surface area contributed by atoms with Gasteiger partial charge in [0.25, 0.3) is 0 Å². The third-order valence-electron chi connectivity index (χ3n) is 4.75. The van der Waals surface area contributed by atoms with Crippen molar-refractivity contribution in [3.63, 3.8) is 0 Å². The van der Waals surface area contributed by atoms with Gasteiger partial charge in [-0.3, -0.25) is 0 Å². The molecule has 150 valence electrons. The summed E-state index contributed by atoms with van der Waals surface area (Å²) in [5.41, 5.74) is 0.0383. The second kappa shape index (κ2) is 7.46. The van der Waals surface area contributed by atoms with Crippen LogP contribution in [0.3, 0.4) is 0 Å². The fraction of sp³-hybridized carbons (Fsp3) is 0.389. The fourth-order valence-electron chi connectivity index (χ4n) is 3.41. The van der Waals surface area contributed by atoms with Gasteiger partial charge in [0.2, 0.25) is 11.8 Å². The maximum atomic E-state index is 14.3. The highest BCUT2D eigenvalue weighted by molar-refractivity contribution is 7.91. The van der Waals surface area contributed by atoms with Gasteiger partial charge >= 0.3 is 0 Å². The van der Waals surface area contributed by atoms with Crippen LogP contribution in [0, 0.1) is 11.8 Å². The molecule has 2 aliphatic heterocycles. The minimum Gasteiger partial charge on any atom is -0.434 e. The van der Waals surface area contributed by atoms with Crippen LogP contribution in [0.1, 0.15) is 12.8 Å². The number of benzene rings is 1. The van der Waals surface area contributed by atoms with Crippen molar-refractivity contribution in [2.45, 2.75) is 23.8 Å². The number of pyridine rings is 1. The Morgan fingerprint density at radius 1 is 1.32 bits per heavy atom. The molecule has 0 bridgehead atoms. The quantitative estimate of drug-likeness (QED) is 0.691. The van der Waals surface area contributed by atoms with E-state index in [1.807, 2.05) is 0 Å². The molecule has 0 unspecified atom stereocenters. The summed E-state index contributed by atoms with van der Waals surface area (Å²) in [4.78, 5) is 5.01. The van der Waals surface area contributed by atoms with Crippen molar-refractivity contribution < 1.29 is 26.7 Å². The molecule has 28 heavy (non-hydrogen) atoms. The monoisotopic (exact) mass is 430 g/mol. The zero-order valence-electron chi connectivity index (χ0n) is 14.7. The van der Waals surface area contributed by atoms with Gasteiger partial charge in [0.1, 0.15) is 15.6 Å². The molecule has 1 fully saturated rings. The van der Waals surface area contributed by atoms with Crippen LogP contribution < -0.4 is 9.64 Å². The van der Waals surface area contributed by atoms with E-state index < -0.39 is 26.6 Å². The number of halogens is 3. The van der Waals surface area contributed by atoms with Crippen molar-refractivity contribution in [1.29, 1.82) is 0 Å². The van der Waals surface area contributed by atoms with Crippen molar-refractivity contribution in [2.75, 3.05) is 30.3 Å². The average molecular weight is 431 g/mol. The maximum absolute atomic E-state index is 14.3. The smallest absolute Gasteiger partial charge is 0.247 e. The van der Waals surface area contributed by atoms with Gasteiger partial charge in [-0.1, -0.05) is 23.7 Å². The Labute approximate surface area is 165 Å². The molecule has 4 rings (SSSR count). The topological polar surface area (TPSA) is 68.7 Å². The van der Waals surface area contributed by atoms with Crippen LogP contribution in [-0.2, 0) is 14.6 Å². The molecule has 0 radical (unpaired) electrons. The summed E-state index contributed by atoms with van der Waals surface area (Å²) in [6.45, 7) is 1.15. The number of anilines is 1. The van der Waals surface area contributed by atoms with Gasteiger partial charge in [0.05, 0.1) is 11.9 Å². The van der Waals surface area contributed by atoms with Crippen LogP contribution in [0.5, 0.6) is 11.6 Å². The van der Waals surface area contributed by atoms with Gasteiger partial charge in [0, 0.05) is 19.7 Å². The van der Waals surface area contributed by atoms with Crippen LogP contribution >= 0.6 is 11.6 Å². The number of hydrogen-bond acceptors (Lipinski definition) is 6. The zero-order valence-corrected chi connectivity index (χ0v) is 16.3. The van der Waals surface area contributed by atoms with E-state index in [1.165, 1.54) is 24.3 Å². The average Bonchev–Trinajstić information content (AvgIpc) is 3.15. The Morgan fingerprint density at radius 3 is 2.82 bits per heavy atom. The third-order valence-corrected chi connectivity index (χ3v) is 6.94. The lowest BCUT2D eigenvalue weighted by Crippen LogP contribution is -2.40. The van der Waals surface area contributed by atoms with E-state index in [9.17, 15) is 17.2 Å². The van der Waals surface area contributed by atoms with Crippen LogP contribution in [0.2, 0.25) is 5.02 Å². The largest absolute Gasteiger partial charge is 0.434 e. The first-order valence-corrected chi connectivity index (χ1v) is 10.8. The molecule has 1 atom stereocenters. The second-order valence-electron chi connectivity index (χ2n) is 6.63. The van der Waals surface area contributed by atoms with E-state index in [4.69, 9.17) is 21.1 Å². The van der Waals surface area contributed by atoms with Crippen LogP contribution in [0.4, 0.5) is 14.5 Å². The predicted octanol–water partition coefficient (Wildman–Crippen LogP) is 3.58. The SMILES string of the molecule is O=S1(=O)CCN(C[C@H]2CCCO2)c2c(Oc3ccccc3F)nc(F)c(Cl)c21. The van der Waals surface area contributed by atoms with Gasteiger partial charge in [-0.2, -0.15) is 9.37 Å². The summed E-state index contributed by atoms with van der Waals surface area (Å²) < 4.78 is 64.8. The first-order valence-electron chi connectivity index (χ1n) is 8.77. The molecule has 6 nitrogen and oxygen atoms in total. The van der Waals surface area contributed by atoms with Crippen LogP contribution in [0.15, 0.2) is 29.2 Å². The number of fused-ring (bicyclic) bond motifs is 1. The summed E-state index contributed by atoms with van der Waals surface area (Å²) in [5, 5.41) is -0.590. The Morgan fingerprint density at radius 2 is 2.11 bits per heavy atom. The summed E-state index contributed by atoms with van der Waals surface area (Å²) in [6.07, 6.45) is 1.63. The Bertz CT molecular complexity index is 1010. The lowest BCUT2D eigenvalue weighted by Gasteiger charge is -2.33. The second-order valence-corrected chi connectivity index (χ2v) is 9.06. The summed E-state index contributed by atoms with van der Waals surface area (Å²) in [7, 11) is -3.85. The molecule has 0 spiro atoms. The van der Waals surface area contributed by atoms with Crippen molar-refractivity contribution in [3.05, 3.63) is 41.1 Å². The van der Waals surface area contributed by atoms with Gasteiger partial charge < -0.3 is 14.4 Å². The minimum absolute atomic E-state index is 0.0383. The molecule has 1 saturated heterocycles. The van der Waals surface area contributed by atoms with Gasteiger partial charge in [-0.15, -0.1) is 0 Å². The Hall–Kier alpha value is -1.97. The van der Waals surface area contributed by atoms with Crippen molar-refractivity contribution in [2.24, 2.45) is 0 Å². The molecule has 0 saturated carbocycles. The minimum atomic E-state index is -3.85. The highest BCUT2D eigenvalue weighted by Crippen LogP contribution is 2.44. The Kier molecular flexibility index (Phi) is 5.15. The number of nitrogens with zero attached hydrogens (tertiary/aromatic N) is 2. The molecular weight excluding hydrogens is 414 g/mol. The first kappa shape index (κ1) is 19.4. The summed E-state index contributed by atoms with van der Waals surface area (Å²) in [6, 6.07) is 5.53. The number of ether oxygens (including phenoxy) is 2. The van der Waals surface area contributed by atoms with E-state index in [0.29, 0.717) is 13.2 Å². The van der Waals surface area contributed by atoms with Gasteiger partial charge in [-0.05, 0) is 25.0 Å². The van der Waals surface area contributed by atoms with Crippen LogP contribution in [0.25, 0.3) is 0 Å². The highest BCUT2D eigenvalue weighted by Gasteiger charge is 2.38. The molecule has 2 aliphatic rings. The number of hydrogen-bond donors (Lipinski definition) is 0. The number of para-hydroxylation sites is 1. The molecule has 1 aromatic carbocycles. The normalized spacial score (nSPS) is 20.8. The maximum Gasteiger partial charge on any atom is 0.247 e. The van der Waals surface area contributed by atoms with Gasteiger partial charge in [0.15, 0.2) is 21.4 Å². The lowest BCUT2D eigenvalue weighted by molar-refractivity contribution is 0.115. The standard InChI is InChI=1S/C18H17ClF2N2O4S/c19-14-16-15(18(22-17(14)21)27-13-6-2-1-5-12(13)20)23(7-9-28(16,24)25)10-11-4-3-8-26-11/h1-2,5-6,11H,3-4,7-10H2/t11-/m1/s1. The molecule has 10 heteroatoms. The van der Waals surface area contributed by atoms with Crippen molar-refractivity contribution in [3.8, 4) is 11.6 Å². The van der Waals surface area contributed by atoms with Gasteiger partial charge in [-0.25, -0.2) is 12.8 Å². The molecule has 0 aliphatic carbocycles. The number of aromatic nitrogens is 1. The van der Waals surface area contributed by atoms with E-state index >= 15 is 0 Å². The third kappa shape index (κ3) is 3.54. The van der Waals surface area contributed by atoms with E-state index in [1.54, 1.807) is 4.90 Å². The van der Waals surface area contributed by atoms with E-state index in [2.05, 4.69) is 4.98 Å². The zero-order chi connectivity index (χ0) is 19.9. The summed E-state index contributed by atoms with van der Waals surface area (Å²) in [5.74, 6) is -2.64. The molecule has 0 N–H and O–H groups in total. The molecular formula is C18H17ClF2N2O4S. The number of sulfone groups is 1. The first-order chi connectivity index (χ1) is 13.4. The molecule has 3 heterocycles. The fourth-order valence-corrected chi connectivity index (χ4v) is 5.43. The molecule has 1 aromatic heterocycles.